The Bertz CT molecular complexity index is 793. The fourth-order valence-corrected chi connectivity index (χ4v) is 4.02. The Morgan fingerprint density at radius 2 is 1.90 bits per heavy atom. The molecular formula is C22H27N3O4. The predicted molar refractivity (Wildman–Crippen MR) is 107 cm³/mol. The van der Waals surface area contributed by atoms with Crippen LogP contribution in [0.3, 0.4) is 0 Å². The second-order valence-electron chi connectivity index (χ2n) is 7.41. The van der Waals surface area contributed by atoms with Gasteiger partial charge in [-0.3, -0.25) is 14.7 Å². The first kappa shape index (κ1) is 20.0. The fraction of sp³-hybridized carbons (Fsp3) is 0.455. The van der Waals surface area contributed by atoms with E-state index in [1.54, 1.807) is 30.5 Å². The van der Waals surface area contributed by atoms with Crippen molar-refractivity contribution in [3.8, 4) is 0 Å². The minimum Gasteiger partial charge on any atom is -0.392 e. The molecule has 2 atom stereocenters. The van der Waals surface area contributed by atoms with Gasteiger partial charge < -0.3 is 19.5 Å². The summed E-state index contributed by atoms with van der Waals surface area (Å²) in [6.45, 7) is 4.94. The van der Waals surface area contributed by atoms with Crippen LogP contribution in [-0.4, -0.2) is 77.9 Å². The largest absolute Gasteiger partial charge is 0.392 e. The van der Waals surface area contributed by atoms with Gasteiger partial charge in [0.1, 0.15) is 0 Å². The maximum absolute atomic E-state index is 13.4. The summed E-state index contributed by atoms with van der Waals surface area (Å²) in [5, 5.41) is 9.26. The SMILES string of the molecule is O=C(c1ccc(CO)cc1)N1CCO[C@@H](CN2CCOCC2)[C@@H]1c1cccnc1. The second-order valence-corrected chi connectivity index (χ2v) is 7.41. The number of aliphatic hydroxyl groups excluding tert-OH is 1. The highest BCUT2D eigenvalue weighted by atomic mass is 16.5. The number of aromatic nitrogens is 1. The van der Waals surface area contributed by atoms with E-state index < -0.39 is 0 Å². The zero-order valence-electron chi connectivity index (χ0n) is 16.4. The first-order valence-corrected chi connectivity index (χ1v) is 10.1. The number of benzene rings is 1. The van der Waals surface area contributed by atoms with E-state index in [2.05, 4.69) is 9.88 Å². The van der Waals surface area contributed by atoms with Crippen LogP contribution in [0.2, 0.25) is 0 Å². The zero-order chi connectivity index (χ0) is 20.1. The van der Waals surface area contributed by atoms with E-state index in [9.17, 15) is 9.90 Å². The molecule has 3 heterocycles. The molecule has 4 rings (SSSR count). The van der Waals surface area contributed by atoms with Gasteiger partial charge in [-0.2, -0.15) is 0 Å². The molecule has 7 heteroatoms. The maximum atomic E-state index is 13.4. The van der Waals surface area contributed by atoms with Crippen molar-refractivity contribution in [3.63, 3.8) is 0 Å². The Morgan fingerprint density at radius 3 is 2.59 bits per heavy atom. The van der Waals surface area contributed by atoms with Crippen molar-refractivity contribution < 1.29 is 19.4 Å². The van der Waals surface area contributed by atoms with Gasteiger partial charge in [-0.05, 0) is 29.3 Å². The van der Waals surface area contributed by atoms with Crippen LogP contribution in [0.25, 0.3) is 0 Å². The molecule has 29 heavy (non-hydrogen) atoms. The highest BCUT2D eigenvalue weighted by Crippen LogP contribution is 2.31. The van der Waals surface area contributed by atoms with E-state index in [1.165, 1.54) is 0 Å². The van der Waals surface area contributed by atoms with Crippen molar-refractivity contribution in [2.75, 3.05) is 46.0 Å². The summed E-state index contributed by atoms with van der Waals surface area (Å²) in [4.78, 5) is 21.9. The van der Waals surface area contributed by atoms with Crippen LogP contribution in [0.4, 0.5) is 0 Å². The molecule has 7 nitrogen and oxygen atoms in total. The number of pyridine rings is 1. The summed E-state index contributed by atoms with van der Waals surface area (Å²) in [5.74, 6) is -0.0291. The molecule has 0 spiro atoms. The number of hydrogen-bond donors (Lipinski definition) is 1. The van der Waals surface area contributed by atoms with Crippen LogP contribution >= 0.6 is 0 Å². The lowest BCUT2D eigenvalue weighted by atomic mass is 9.97. The quantitative estimate of drug-likeness (QED) is 0.824. The molecule has 1 N–H and O–H groups in total. The topological polar surface area (TPSA) is 75.1 Å². The number of carbonyl (C=O) groups excluding carboxylic acids is 1. The molecule has 1 aromatic carbocycles. The highest BCUT2D eigenvalue weighted by Gasteiger charge is 2.38. The van der Waals surface area contributed by atoms with Crippen molar-refractivity contribution >= 4 is 5.91 Å². The molecule has 0 aliphatic carbocycles. The van der Waals surface area contributed by atoms with Crippen molar-refractivity contribution in [3.05, 3.63) is 65.5 Å². The number of nitrogens with zero attached hydrogens (tertiary/aromatic N) is 3. The van der Waals surface area contributed by atoms with Gasteiger partial charge in [0.15, 0.2) is 0 Å². The van der Waals surface area contributed by atoms with E-state index in [0.717, 1.165) is 44.0 Å². The number of carbonyl (C=O) groups is 1. The van der Waals surface area contributed by atoms with Crippen molar-refractivity contribution in [1.82, 2.24) is 14.8 Å². The first-order valence-electron chi connectivity index (χ1n) is 10.1. The third-order valence-corrected chi connectivity index (χ3v) is 5.56. The van der Waals surface area contributed by atoms with Gasteiger partial charge in [0.05, 0.1) is 38.6 Å². The van der Waals surface area contributed by atoms with E-state index in [4.69, 9.17) is 9.47 Å². The number of hydrogen-bond acceptors (Lipinski definition) is 6. The summed E-state index contributed by atoms with van der Waals surface area (Å²) in [6.07, 6.45) is 3.43. The molecule has 0 unspecified atom stereocenters. The Morgan fingerprint density at radius 1 is 1.10 bits per heavy atom. The van der Waals surface area contributed by atoms with Crippen LogP contribution in [0.15, 0.2) is 48.8 Å². The summed E-state index contributed by atoms with van der Waals surface area (Å²) in [7, 11) is 0. The van der Waals surface area contributed by atoms with Crippen LogP contribution in [0.5, 0.6) is 0 Å². The zero-order valence-corrected chi connectivity index (χ0v) is 16.4. The van der Waals surface area contributed by atoms with Crippen LogP contribution in [0.1, 0.15) is 27.5 Å². The van der Waals surface area contributed by atoms with E-state index in [0.29, 0.717) is 18.7 Å². The lowest BCUT2D eigenvalue weighted by Crippen LogP contribution is -2.53. The number of morpholine rings is 2. The number of aliphatic hydroxyl groups is 1. The smallest absolute Gasteiger partial charge is 0.254 e. The summed E-state index contributed by atoms with van der Waals surface area (Å²) < 4.78 is 11.6. The van der Waals surface area contributed by atoms with Gasteiger partial charge >= 0.3 is 0 Å². The maximum Gasteiger partial charge on any atom is 0.254 e. The van der Waals surface area contributed by atoms with E-state index in [-0.39, 0.29) is 24.7 Å². The van der Waals surface area contributed by atoms with Crippen molar-refractivity contribution in [1.29, 1.82) is 0 Å². The molecule has 0 radical (unpaired) electrons. The third-order valence-electron chi connectivity index (χ3n) is 5.56. The average molecular weight is 397 g/mol. The van der Waals surface area contributed by atoms with Gasteiger partial charge in [0.2, 0.25) is 0 Å². The van der Waals surface area contributed by atoms with E-state index in [1.807, 2.05) is 23.2 Å². The summed E-state index contributed by atoms with van der Waals surface area (Å²) in [5.41, 5.74) is 2.38. The van der Waals surface area contributed by atoms with Crippen LogP contribution in [-0.2, 0) is 16.1 Å². The Labute approximate surface area is 170 Å². The lowest BCUT2D eigenvalue weighted by Gasteiger charge is -2.43. The Kier molecular flexibility index (Phi) is 6.51. The molecule has 2 aliphatic rings. The number of amides is 1. The fourth-order valence-electron chi connectivity index (χ4n) is 4.02. The predicted octanol–water partition coefficient (Wildman–Crippen LogP) is 1.49. The minimum absolute atomic E-state index is 0.0291. The van der Waals surface area contributed by atoms with Crippen LogP contribution in [0, 0.1) is 0 Å². The molecule has 2 aromatic rings. The number of rotatable bonds is 5. The Hall–Kier alpha value is -2.32. The Balaban J connectivity index is 1.60. The standard InChI is InChI=1S/C22H27N3O4/c26-16-17-3-5-18(6-4-17)22(27)25-10-13-29-20(15-24-8-11-28-12-9-24)21(25)19-2-1-7-23-14-19/h1-7,14,20-21,26H,8-13,15-16H2/t20-,21-/m0/s1. The molecule has 0 saturated carbocycles. The molecule has 2 aliphatic heterocycles. The highest BCUT2D eigenvalue weighted by molar-refractivity contribution is 5.94. The van der Waals surface area contributed by atoms with Gasteiger partial charge in [-0.15, -0.1) is 0 Å². The third kappa shape index (κ3) is 4.64. The first-order chi connectivity index (χ1) is 14.3. The summed E-state index contributed by atoms with van der Waals surface area (Å²) >= 11 is 0. The lowest BCUT2D eigenvalue weighted by molar-refractivity contribution is -0.0819. The van der Waals surface area contributed by atoms with Gasteiger partial charge in [-0.1, -0.05) is 18.2 Å². The molecule has 0 bridgehead atoms. The van der Waals surface area contributed by atoms with Crippen LogP contribution < -0.4 is 0 Å². The van der Waals surface area contributed by atoms with Gasteiger partial charge in [-0.25, -0.2) is 0 Å². The van der Waals surface area contributed by atoms with Crippen molar-refractivity contribution in [2.45, 2.75) is 18.8 Å². The normalized spacial score (nSPS) is 23.1. The van der Waals surface area contributed by atoms with Gasteiger partial charge in [0.25, 0.3) is 5.91 Å². The molecule has 2 fully saturated rings. The van der Waals surface area contributed by atoms with Crippen molar-refractivity contribution in [2.24, 2.45) is 0 Å². The molecule has 1 aromatic heterocycles. The second kappa shape index (κ2) is 9.45. The molecular weight excluding hydrogens is 370 g/mol. The summed E-state index contributed by atoms with van der Waals surface area (Å²) in [6, 6.07) is 10.8. The van der Waals surface area contributed by atoms with E-state index >= 15 is 0 Å². The minimum atomic E-state index is -0.203. The molecule has 1 amide bonds. The number of ether oxygens (including phenoxy) is 2. The molecule has 154 valence electrons. The monoisotopic (exact) mass is 397 g/mol. The molecule has 2 saturated heterocycles. The van der Waals surface area contributed by atoms with Gasteiger partial charge in [0, 0.05) is 44.1 Å². The average Bonchev–Trinajstić information content (AvgIpc) is 2.80.